The Morgan fingerprint density at radius 1 is 0.833 bits per heavy atom. The number of hydrogen-bond donors (Lipinski definition) is 1. The van der Waals surface area contributed by atoms with Gasteiger partial charge < -0.3 is 13.7 Å². The van der Waals surface area contributed by atoms with Crippen molar-refractivity contribution in [2.75, 3.05) is 6.79 Å². The van der Waals surface area contributed by atoms with Gasteiger partial charge >= 0.3 is 30.7 Å². The van der Waals surface area contributed by atoms with Gasteiger partial charge in [0.25, 0.3) is 0 Å². The fraction of sp³-hybridized carbons (Fsp3) is 0.182. The van der Waals surface area contributed by atoms with Gasteiger partial charge in [-0.1, -0.05) is 43.0 Å². The van der Waals surface area contributed by atoms with Gasteiger partial charge in [0.1, 0.15) is 11.5 Å². The third-order valence-electron chi connectivity index (χ3n) is 4.76. The zero-order chi connectivity index (χ0) is 26.8. The lowest BCUT2D eigenvalue weighted by Gasteiger charge is -2.23. The molecule has 3 aromatic carbocycles. The minimum Gasteiger partial charge on any atom is -0.468 e. The van der Waals surface area contributed by atoms with E-state index in [1.165, 1.54) is 12.1 Å². The van der Waals surface area contributed by atoms with Crippen LogP contribution in [-0.4, -0.2) is 38.7 Å². The molecule has 14 heteroatoms. The normalized spacial score (nSPS) is 12.9. The van der Waals surface area contributed by atoms with Crippen molar-refractivity contribution in [1.29, 1.82) is 0 Å². The highest BCUT2D eigenvalue weighted by Gasteiger charge is 2.74. The largest absolute Gasteiger partial charge is 0.468 e. The van der Waals surface area contributed by atoms with Crippen LogP contribution in [0.1, 0.15) is 11.1 Å². The quantitative estimate of drug-likeness (QED) is 0.119. The topological polar surface area (TPSA) is 116 Å². The number of alkyl halides is 4. The number of fused-ring (bicyclic) bond motifs is 1. The van der Waals surface area contributed by atoms with Crippen molar-refractivity contribution in [2.45, 2.75) is 17.1 Å². The second-order valence-corrected chi connectivity index (χ2v) is 10.3. The van der Waals surface area contributed by atoms with E-state index in [0.717, 1.165) is 28.5 Å². The first-order valence-electron chi connectivity index (χ1n) is 9.80. The fourth-order valence-corrected chi connectivity index (χ4v) is 4.53. The number of hydrogen-bond acceptors (Lipinski definition) is 7. The molecule has 0 aliphatic heterocycles. The monoisotopic (exact) mass is 550 g/mol. The highest BCUT2D eigenvalue weighted by Crippen LogP contribution is 2.43. The molecule has 0 saturated carbocycles. The zero-order valence-electron chi connectivity index (χ0n) is 18.1. The van der Waals surface area contributed by atoms with Gasteiger partial charge in [-0.15, -0.1) is 0 Å². The smallest absolute Gasteiger partial charge is 0.460 e. The molecule has 0 saturated heterocycles. The molecule has 0 atom stereocenters. The van der Waals surface area contributed by atoms with Gasteiger partial charge in [0.15, 0.2) is 6.79 Å². The van der Waals surface area contributed by atoms with Gasteiger partial charge in [-0.3, -0.25) is 4.55 Å². The molecule has 0 unspecified atom stereocenters. The standard InChI is InChI=1S/C22H18F4O8S2/c1-2-15-3-6-18-12-20(10-7-17(18)11-15)33-14-32-13-16-4-8-19(9-5-16)34-36(30,31)22(25,26)21(23,24)35(27,28)29/h2-12H,1,13-14H2,(H,27,28,29). The van der Waals surface area contributed by atoms with Crippen LogP contribution in [0.15, 0.2) is 67.2 Å². The Labute approximate surface area is 203 Å². The lowest BCUT2D eigenvalue weighted by Crippen LogP contribution is -2.53. The summed E-state index contributed by atoms with van der Waals surface area (Å²) in [5.41, 5.74) is 1.38. The van der Waals surface area contributed by atoms with Crippen molar-refractivity contribution in [1.82, 2.24) is 0 Å². The molecule has 0 aliphatic carbocycles. The molecular formula is C22H18F4O8S2. The van der Waals surface area contributed by atoms with E-state index in [2.05, 4.69) is 10.8 Å². The summed E-state index contributed by atoms with van der Waals surface area (Å²) in [6.07, 6.45) is 1.73. The highest BCUT2D eigenvalue weighted by molar-refractivity contribution is 7.91. The zero-order valence-corrected chi connectivity index (χ0v) is 19.7. The van der Waals surface area contributed by atoms with Crippen molar-refractivity contribution >= 4 is 37.1 Å². The van der Waals surface area contributed by atoms with Crippen molar-refractivity contribution in [3.05, 3.63) is 78.4 Å². The van der Waals surface area contributed by atoms with Crippen LogP contribution in [0, 0.1) is 0 Å². The Bertz CT molecular complexity index is 1470. The number of rotatable bonds is 11. The maximum absolute atomic E-state index is 13.7. The molecule has 0 aromatic heterocycles. The van der Waals surface area contributed by atoms with Crippen molar-refractivity contribution < 1.29 is 52.6 Å². The molecule has 1 N–H and O–H groups in total. The van der Waals surface area contributed by atoms with Crippen LogP contribution >= 0.6 is 0 Å². The molecule has 3 rings (SSSR count). The second-order valence-electron chi connectivity index (χ2n) is 7.27. The first-order chi connectivity index (χ1) is 16.7. The van der Waals surface area contributed by atoms with E-state index < -0.39 is 36.5 Å². The van der Waals surface area contributed by atoms with E-state index in [0.29, 0.717) is 11.3 Å². The predicted octanol–water partition coefficient (Wildman–Crippen LogP) is 4.82. The molecule has 0 aliphatic rings. The highest BCUT2D eigenvalue weighted by atomic mass is 32.2. The van der Waals surface area contributed by atoms with Crippen LogP contribution in [0.5, 0.6) is 11.5 Å². The maximum atomic E-state index is 13.7. The van der Waals surface area contributed by atoms with Crippen LogP contribution in [-0.2, 0) is 31.6 Å². The van der Waals surface area contributed by atoms with Crippen LogP contribution < -0.4 is 8.92 Å². The molecule has 194 valence electrons. The van der Waals surface area contributed by atoms with Crippen LogP contribution in [0.25, 0.3) is 16.8 Å². The Morgan fingerprint density at radius 3 is 2.03 bits per heavy atom. The van der Waals surface area contributed by atoms with E-state index in [1.54, 1.807) is 18.2 Å². The third-order valence-corrected chi connectivity index (χ3v) is 7.08. The second kappa shape index (κ2) is 10.0. The van der Waals surface area contributed by atoms with Gasteiger partial charge in [-0.05, 0) is 52.2 Å². The van der Waals surface area contributed by atoms with E-state index >= 15 is 0 Å². The number of benzene rings is 3. The summed E-state index contributed by atoms with van der Waals surface area (Å²) in [7, 11) is -13.3. The van der Waals surface area contributed by atoms with Gasteiger partial charge in [0.2, 0.25) is 0 Å². The van der Waals surface area contributed by atoms with Crippen molar-refractivity contribution in [2.24, 2.45) is 0 Å². The van der Waals surface area contributed by atoms with E-state index in [9.17, 15) is 34.4 Å². The maximum Gasteiger partial charge on any atom is 0.460 e. The van der Waals surface area contributed by atoms with Gasteiger partial charge in [0, 0.05) is 0 Å². The molecule has 0 bridgehead atoms. The summed E-state index contributed by atoms with van der Waals surface area (Å²) in [4.78, 5) is 0. The third kappa shape index (κ3) is 5.61. The lowest BCUT2D eigenvalue weighted by atomic mass is 10.1. The molecule has 0 amide bonds. The Balaban J connectivity index is 1.57. The van der Waals surface area contributed by atoms with Crippen LogP contribution in [0.4, 0.5) is 17.6 Å². The van der Waals surface area contributed by atoms with Crippen LogP contribution in [0.2, 0.25) is 0 Å². The van der Waals surface area contributed by atoms with Crippen LogP contribution in [0.3, 0.4) is 0 Å². The summed E-state index contributed by atoms with van der Waals surface area (Å²) in [5.74, 6) is -0.276. The van der Waals surface area contributed by atoms with Crippen molar-refractivity contribution in [3.63, 3.8) is 0 Å². The summed E-state index contributed by atoms with van der Waals surface area (Å²) < 4.78 is 121. The minimum absolute atomic E-state index is 0.0553. The van der Waals surface area contributed by atoms with E-state index in [1.807, 2.05) is 24.3 Å². The first kappa shape index (κ1) is 27.4. The number of ether oxygens (including phenoxy) is 2. The lowest BCUT2D eigenvalue weighted by molar-refractivity contribution is -0.105. The van der Waals surface area contributed by atoms with E-state index in [4.69, 9.17) is 14.0 Å². The first-order valence-corrected chi connectivity index (χ1v) is 12.7. The fourth-order valence-electron chi connectivity index (χ4n) is 2.84. The van der Waals surface area contributed by atoms with Gasteiger partial charge in [-0.25, -0.2) is 0 Å². The molecular weight excluding hydrogens is 532 g/mol. The Morgan fingerprint density at radius 2 is 1.42 bits per heavy atom. The molecule has 0 fully saturated rings. The van der Waals surface area contributed by atoms with Gasteiger partial charge in [-0.2, -0.15) is 34.4 Å². The minimum atomic E-state index is -6.76. The van der Waals surface area contributed by atoms with Gasteiger partial charge in [0.05, 0.1) is 6.61 Å². The molecule has 3 aromatic rings. The molecule has 0 radical (unpaired) electrons. The molecule has 0 heterocycles. The molecule has 0 spiro atoms. The SMILES string of the molecule is C=Cc1ccc2cc(OCOCc3ccc(OS(=O)(=O)C(F)(F)C(F)(F)S(=O)(=O)O)cc3)ccc2c1. The Kier molecular flexibility index (Phi) is 7.64. The van der Waals surface area contributed by atoms with E-state index in [-0.39, 0.29) is 13.4 Å². The summed E-state index contributed by atoms with van der Waals surface area (Å²) in [6, 6.07) is 15.3. The molecule has 8 nitrogen and oxygen atoms in total. The van der Waals surface area contributed by atoms with Crippen molar-refractivity contribution in [3.8, 4) is 11.5 Å². The molecule has 36 heavy (non-hydrogen) atoms. The summed E-state index contributed by atoms with van der Waals surface area (Å²) in [5, 5.41) is -10.7. The average molecular weight is 551 g/mol. The summed E-state index contributed by atoms with van der Waals surface area (Å²) >= 11 is 0. The Hall–Kier alpha value is -3.20. The predicted molar refractivity (Wildman–Crippen MR) is 122 cm³/mol. The summed E-state index contributed by atoms with van der Waals surface area (Å²) in [6.45, 7) is 3.49. The average Bonchev–Trinajstić information content (AvgIpc) is 2.81. The number of halogens is 4.